The minimum Gasteiger partial charge on any atom is -0.491 e. The van der Waals surface area contributed by atoms with Crippen molar-refractivity contribution < 1.29 is 9.47 Å². The Morgan fingerprint density at radius 3 is 2.85 bits per heavy atom. The summed E-state index contributed by atoms with van der Waals surface area (Å²) in [4.78, 5) is 2.36. The second-order valence-corrected chi connectivity index (χ2v) is 7.47. The normalized spacial score (nSPS) is 23.6. The number of methoxy groups -OCH3 is 1. The number of hydrazine groups is 1. The van der Waals surface area contributed by atoms with Gasteiger partial charge in [0.1, 0.15) is 5.75 Å². The first-order valence-corrected chi connectivity index (χ1v) is 9.53. The lowest BCUT2D eigenvalue weighted by Gasteiger charge is -2.35. The van der Waals surface area contributed by atoms with Crippen molar-refractivity contribution in [1.82, 2.24) is 15.3 Å². The molecule has 2 atom stereocenters. The van der Waals surface area contributed by atoms with Gasteiger partial charge in [0, 0.05) is 38.5 Å². The van der Waals surface area contributed by atoms with Crippen LogP contribution < -0.4 is 15.9 Å². The Morgan fingerprint density at radius 1 is 1.37 bits per heavy atom. The third-order valence-corrected chi connectivity index (χ3v) is 5.06. The van der Waals surface area contributed by atoms with Gasteiger partial charge in [0.15, 0.2) is 0 Å². The average Bonchev–Trinajstić information content (AvgIpc) is 3.04. The molecule has 1 aromatic rings. The summed E-state index contributed by atoms with van der Waals surface area (Å²) >= 11 is 0. The van der Waals surface area contributed by atoms with Crippen LogP contribution in [0, 0.1) is 5.41 Å². The number of nitrogen functional groups attached to an aromatic ring is 1. The summed E-state index contributed by atoms with van der Waals surface area (Å²) in [6.07, 6.45) is 4.70. The number of hydrogen-bond acceptors (Lipinski definition) is 7. The van der Waals surface area contributed by atoms with E-state index in [-0.39, 0.29) is 18.4 Å². The van der Waals surface area contributed by atoms with Gasteiger partial charge < -0.3 is 20.2 Å². The largest absolute Gasteiger partial charge is 0.491 e. The summed E-state index contributed by atoms with van der Waals surface area (Å²) in [5.41, 5.74) is 12.1. The number of likely N-dealkylation sites (N-methyl/N-ethyl adjacent to an activating group) is 1. The fourth-order valence-corrected chi connectivity index (χ4v) is 3.65. The second kappa shape index (κ2) is 8.29. The quantitative estimate of drug-likeness (QED) is 0.523. The summed E-state index contributed by atoms with van der Waals surface area (Å²) < 4.78 is 11.3. The number of rotatable bonds is 6. The van der Waals surface area contributed by atoms with Crippen LogP contribution in [0.5, 0.6) is 5.75 Å². The number of hydrogen-bond donors (Lipinski definition) is 3. The number of nitrogens with zero attached hydrogens (tertiary/aromatic N) is 2. The molecule has 7 nitrogen and oxygen atoms in total. The monoisotopic (exact) mass is 373 g/mol. The summed E-state index contributed by atoms with van der Waals surface area (Å²) in [6.45, 7) is 5.87. The van der Waals surface area contributed by atoms with Gasteiger partial charge in [0.25, 0.3) is 0 Å². The standard InChI is InChI=1S/C20H31N5O2/c1-13(2)27-14-7-8-17(21)16(10-14)20(22)18-11-19(23-24(18)3)25-9-5-6-15(12-25)26-4/h7-8,10-11,13,15,19,22-23H,5-6,9,12,21H2,1-4H3. The number of nitrogens with one attached hydrogen (secondary N) is 2. The highest BCUT2D eigenvalue weighted by molar-refractivity contribution is 6.13. The fourth-order valence-electron chi connectivity index (χ4n) is 3.65. The number of piperidine rings is 1. The number of nitrogens with two attached hydrogens (primary N) is 1. The molecule has 0 amide bonds. The molecule has 0 aliphatic carbocycles. The van der Waals surface area contributed by atoms with Gasteiger partial charge in [-0.05, 0) is 51.0 Å². The Hall–Kier alpha value is -2.09. The molecule has 0 spiro atoms. The number of allylic oxidation sites excluding steroid dienone is 1. The molecule has 1 fully saturated rings. The highest BCUT2D eigenvalue weighted by Crippen LogP contribution is 2.26. The third-order valence-electron chi connectivity index (χ3n) is 5.06. The van der Waals surface area contributed by atoms with Crippen molar-refractivity contribution in [2.24, 2.45) is 0 Å². The molecule has 3 rings (SSSR count). The van der Waals surface area contributed by atoms with Gasteiger partial charge in [-0.1, -0.05) is 0 Å². The molecule has 0 aromatic heterocycles. The minimum atomic E-state index is 0.0552. The number of benzene rings is 1. The lowest BCUT2D eigenvalue weighted by Crippen LogP contribution is -2.51. The van der Waals surface area contributed by atoms with E-state index in [0.717, 1.165) is 37.4 Å². The Balaban J connectivity index is 1.79. The van der Waals surface area contributed by atoms with Crippen LogP contribution >= 0.6 is 0 Å². The van der Waals surface area contributed by atoms with Crippen molar-refractivity contribution in [3.8, 4) is 5.75 Å². The maximum absolute atomic E-state index is 8.73. The van der Waals surface area contributed by atoms with Crippen molar-refractivity contribution in [3.63, 3.8) is 0 Å². The van der Waals surface area contributed by atoms with Gasteiger partial charge >= 0.3 is 0 Å². The van der Waals surface area contributed by atoms with Crippen LogP contribution in [0.25, 0.3) is 0 Å². The van der Waals surface area contributed by atoms with Gasteiger partial charge in [-0.3, -0.25) is 10.3 Å². The predicted molar refractivity (Wildman–Crippen MR) is 108 cm³/mol. The molecular formula is C20H31N5O2. The van der Waals surface area contributed by atoms with E-state index in [2.05, 4.69) is 16.4 Å². The molecule has 2 aliphatic rings. The van der Waals surface area contributed by atoms with Crippen molar-refractivity contribution in [2.45, 2.75) is 45.1 Å². The lowest BCUT2D eigenvalue weighted by atomic mass is 10.0. The minimum absolute atomic E-state index is 0.0552. The van der Waals surface area contributed by atoms with Crippen molar-refractivity contribution in [3.05, 3.63) is 35.5 Å². The van der Waals surface area contributed by atoms with Crippen LogP contribution in [0.3, 0.4) is 0 Å². The zero-order chi connectivity index (χ0) is 19.6. The van der Waals surface area contributed by atoms with E-state index in [1.54, 1.807) is 13.2 Å². The smallest absolute Gasteiger partial charge is 0.120 e. The Labute approximate surface area is 161 Å². The van der Waals surface area contributed by atoms with Crippen LogP contribution in [0.4, 0.5) is 5.69 Å². The molecule has 2 unspecified atom stereocenters. The maximum Gasteiger partial charge on any atom is 0.120 e. The Kier molecular flexibility index (Phi) is 6.04. The third kappa shape index (κ3) is 4.43. The van der Waals surface area contributed by atoms with Gasteiger partial charge in [0.05, 0.1) is 29.8 Å². The van der Waals surface area contributed by atoms with Crippen molar-refractivity contribution >= 4 is 11.4 Å². The Bertz CT molecular complexity index is 718. The van der Waals surface area contributed by atoms with Crippen LogP contribution in [0.15, 0.2) is 30.0 Å². The SMILES string of the molecule is COC1CCCN(C2C=C(C(=N)c3cc(OC(C)C)ccc3N)N(C)N2)C1. The van der Waals surface area contributed by atoms with Crippen molar-refractivity contribution in [2.75, 3.05) is 33.0 Å². The first-order valence-electron chi connectivity index (χ1n) is 9.53. The van der Waals surface area contributed by atoms with E-state index >= 15 is 0 Å². The van der Waals surface area contributed by atoms with Crippen molar-refractivity contribution in [1.29, 1.82) is 5.41 Å². The lowest BCUT2D eigenvalue weighted by molar-refractivity contribution is 0.0111. The molecule has 0 saturated carbocycles. The Morgan fingerprint density at radius 2 is 2.15 bits per heavy atom. The van der Waals surface area contributed by atoms with E-state index in [4.69, 9.17) is 20.6 Å². The van der Waals surface area contributed by atoms with E-state index in [0.29, 0.717) is 17.0 Å². The molecular weight excluding hydrogens is 342 g/mol. The van der Waals surface area contributed by atoms with E-state index in [1.165, 1.54) is 0 Å². The topological polar surface area (TPSA) is 86.8 Å². The highest BCUT2D eigenvalue weighted by Gasteiger charge is 2.31. The van der Waals surface area contributed by atoms with Crippen LogP contribution in [-0.4, -0.2) is 61.2 Å². The van der Waals surface area contributed by atoms with Gasteiger partial charge in [-0.2, -0.15) is 0 Å². The van der Waals surface area contributed by atoms with E-state index < -0.39 is 0 Å². The van der Waals surface area contributed by atoms with E-state index in [1.807, 2.05) is 38.0 Å². The zero-order valence-electron chi connectivity index (χ0n) is 16.7. The molecule has 7 heteroatoms. The predicted octanol–water partition coefficient (Wildman–Crippen LogP) is 2.19. The molecule has 1 aromatic carbocycles. The van der Waals surface area contributed by atoms with Crippen LogP contribution in [-0.2, 0) is 4.74 Å². The average molecular weight is 374 g/mol. The molecule has 4 N–H and O–H groups in total. The molecule has 148 valence electrons. The molecule has 2 heterocycles. The van der Waals surface area contributed by atoms with E-state index in [9.17, 15) is 0 Å². The van der Waals surface area contributed by atoms with Gasteiger partial charge in [-0.15, -0.1) is 0 Å². The molecule has 2 aliphatic heterocycles. The summed E-state index contributed by atoms with van der Waals surface area (Å²) in [6, 6.07) is 5.50. The zero-order valence-corrected chi connectivity index (χ0v) is 16.7. The first-order chi connectivity index (χ1) is 12.9. The maximum atomic E-state index is 8.73. The fraction of sp³-hybridized carbons (Fsp3) is 0.550. The summed E-state index contributed by atoms with van der Waals surface area (Å²) in [7, 11) is 3.71. The van der Waals surface area contributed by atoms with Crippen LogP contribution in [0.1, 0.15) is 32.3 Å². The molecule has 0 radical (unpaired) electrons. The number of anilines is 1. The number of likely N-dealkylation sites (tertiary alicyclic amines) is 1. The summed E-state index contributed by atoms with van der Waals surface area (Å²) in [5, 5.41) is 10.6. The van der Waals surface area contributed by atoms with Gasteiger partial charge in [0.2, 0.25) is 0 Å². The number of ether oxygens (including phenoxy) is 2. The van der Waals surface area contributed by atoms with Gasteiger partial charge in [-0.25, -0.2) is 5.43 Å². The van der Waals surface area contributed by atoms with Crippen LogP contribution in [0.2, 0.25) is 0 Å². The molecule has 27 heavy (non-hydrogen) atoms. The summed E-state index contributed by atoms with van der Waals surface area (Å²) in [5.74, 6) is 0.726. The highest BCUT2D eigenvalue weighted by atomic mass is 16.5. The molecule has 1 saturated heterocycles. The second-order valence-electron chi connectivity index (χ2n) is 7.47. The first kappa shape index (κ1) is 19.7. The molecule has 0 bridgehead atoms.